The summed E-state index contributed by atoms with van der Waals surface area (Å²) in [7, 11) is 1.65. The van der Waals surface area contributed by atoms with Gasteiger partial charge in [0.05, 0.1) is 39.7 Å². The minimum Gasteiger partial charge on any atom is -0.444 e. The van der Waals surface area contributed by atoms with Crippen LogP contribution in [0.5, 0.6) is 0 Å². The van der Waals surface area contributed by atoms with Gasteiger partial charge in [-0.1, -0.05) is 86.7 Å². The number of amides is 5. The van der Waals surface area contributed by atoms with Crippen LogP contribution in [0.1, 0.15) is 59.8 Å². The molecule has 0 spiro atoms. The molecule has 52 heavy (non-hydrogen) atoms. The van der Waals surface area contributed by atoms with E-state index in [1.165, 1.54) is 23.2 Å². The summed E-state index contributed by atoms with van der Waals surface area (Å²) in [6.45, 7) is 6.10. The molecule has 2 aromatic heterocycles. The third-order valence-corrected chi connectivity index (χ3v) is 9.81. The molecule has 2 aromatic carbocycles. The number of alkyl carbamates (subject to hydrolysis) is 1. The number of nitrogens with zero attached hydrogens (tertiary/aromatic N) is 3. The fourth-order valence-corrected chi connectivity index (χ4v) is 6.49. The highest BCUT2D eigenvalue weighted by atomic mass is 32.1. The molecule has 4 N–H and O–H groups in total. The Labute approximate surface area is 313 Å². The Hall–Kier alpha value is -5.08. The van der Waals surface area contributed by atoms with E-state index in [2.05, 4.69) is 45.1 Å². The van der Waals surface area contributed by atoms with Crippen LogP contribution in [0.4, 0.5) is 9.59 Å². The first-order valence-corrected chi connectivity index (χ1v) is 18.9. The van der Waals surface area contributed by atoms with Gasteiger partial charge in [-0.05, 0) is 30.4 Å². The smallest absolute Gasteiger partial charge is 0.407 e. The van der Waals surface area contributed by atoms with Gasteiger partial charge in [-0.25, -0.2) is 14.6 Å². The summed E-state index contributed by atoms with van der Waals surface area (Å²) in [5.41, 5.74) is 4.44. The van der Waals surface area contributed by atoms with Gasteiger partial charge < -0.3 is 30.9 Å². The molecule has 12 nitrogen and oxygen atoms in total. The number of hydrogen-bond donors (Lipinski definition) is 4. The second-order valence-electron chi connectivity index (χ2n) is 12.6. The van der Waals surface area contributed by atoms with Gasteiger partial charge in [0, 0.05) is 38.0 Å². The summed E-state index contributed by atoms with van der Waals surface area (Å²) >= 11 is 2.95. The first-order valence-electron chi connectivity index (χ1n) is 17.1. The van der Waals surface area contributed by atoms with Gasteiger partial charge in [-0.3, -0.25) is 14.6 Å². The van der Waals surface area contributed by atoms with E-state index in [-0.39, 0.29) is 37.9 Å². The summed E-state index contributed by atoms with van der Waals surface area (Å²) < 4.78 is 5.45. The van der Waals surface area contributed by atoms with Crippen LogP contribution in [-0.2, 0) is 40.3 Å². The number of aromatic nitrogens is 2. The van der Waals surface area contributed by atoms with Crippen LogP contribution in [0.2, 0.25) is 0 Å². The highest BCUT2D eigenvalue weighted by Gasteiger charge is 2.25. The van der Waals surface area contributed by atoms with Crippen LogP contribution in [0.15, 0.2) is 89.9 Å². The molecule has 0 aliphatic heterocycles. The van der Waals surface area contributed by atoms with Crippen molar-refractivity contribution in [2.75, 3.05) is 13.6 Å². The number of hydrogen-bond acceptors (Lipinski definition) is 9. The quantitative estimate of drug-likeness (QED) is 0.0970. The SMILES string of the molecule is CC(=O)NCC[C@H](NC(=O)N(C)Cc1csc(C(C)C)n1)C(=O)N[C@@H](/C=C/[C@@H](Cc1ccccc1)NC(=O)OCc1cncs1)Cc1ccccc1. The van der Waals surface area contributed by atoms with Crippen molar-refractivity contribution in [3.8, 4) is 0 Å². The molecule has 14 heteroatoms. The number of ether oxygens (including phenoxy) is 1. The van der Waals surface area contributed by atoms with Crippen molar-refractivity contribution in [1.29, 1.82) is 0 Å². The lowest BCUT2D eigenvalue weighted by atomic mass is 10.0. The molecule has 3 atom stereocenters. The number of carbonyl (C=O) groups excluding carboxylic acids is 4. The highest BCUT2D eigenvalue weighted by molar-refractivity contribution is 7.09. The van der Waals surface area contributed by atoms with E-state index in [4.69, 9.17) is 4.74 Å². The van der Waals surface area contributed by atoms with E-state index >= 15 is 0 Å². The second kappa shape index (κ2) is 20.7. The lowest BCUT2D eigenvalue weighted by Crippen LogP contribution is -2.53. The molecule has 0 fully saturated rings. The van der Waals surface area contributed by atoms with E-state index in [1.54, 1.807) is 30.1 Å². The van der Waals surface area contributed by atoms with E-state index in [9.17, 15) is 19.2 Å². The molecule has 0 radical (unpaired) electrons. The van der Waals surface area contributed by atoms with Gasteiger partial charge in [0.15, 0.2) is 0 Å². The maximum absolute atomic E-state index is 13.9. The first kappa shape index (κ1) is 39.7. The predicted octanol–water partition coefficient (Wildman–Crippen LogP) is 5.58. The minimum atomic E-state index is -0.949. The number of nitrogens with one attached hydrogen (secondary N) is 4. The highest BCUT2D eigenvalue weighted by Crippen LogP contribution is 2.20. The van der Waals surface area contributed by atoms with Gasteiger partial charge in [-0.2, -0.15) is 0 Å². The zero-order valence-corrected chi connectivity index (χ0v) is 31.5. The van der Waals surface area contributed by atoms with E-state index in [0.717, 1.165) is 26.7 Å². The molecule has 5 amide bonds. The molecule has 0 unspecified atom stereocenters. The van der Waals surface area contributed by atoms with Crippen LogP contribution in [0.3, 0.4) is 0 Å². The van der Waals surface area contributed by atoms with E-state index < -0.39 is 36.2 Å². The first-order chi connectivity index (χ1) is 25.0. The summed E-state index contributed by atoms with van der Waals surface area (Å²) in [5, 5.41) is 14.5. The average Bonchev–Trinajstić information content (AvgIpc) is 3.83. The normalized spacial score (nSPS) is 12.9. The molecular formula is C38H47N7O5S2. The lowest BCUT2D eigenvalue weighted by Gasteiger charge is -2.25. The molecule has 0 aliphatic rings. The van der Waals surface area contributed by atoms with E-state index in [0.29, 0.717) is 12.8 Å². The number of urea groups is 1. The third kappa shape index (κ3) is 13.9. The van der Waals surface area contributed by atoms with Gasteiger partial charge in [0.25, 0.3) is 0 Å². The van der Waals surface area contributed by atoms with Crippen molar-refractivity contribution in [3.05, 3.63) is 117 Å². The van der Waals surface area contributed by atoms with Gasteiger partial charge in [0.1, 0.15) is 12.6 Å². The Morgan fingerprint density at radius 1 is 0.885 bits per heavy atom. The summed E-state index contributed by atoms with van der Waals surface area (Å²) in [4.78, 5) is 62.7. The lowest BCUT2D eigenvalue weighted by molar-refractivity contribution is -0.124. The Morgan fingerprint density at radius 2 is 1.52 bits per heavy atom. The fourth-order valence-electron chi connectivity index (χ4n) is 5.16. The molecule has 276 valence electrons. The van der Waals surface area contributed by atoms with Crippen LogP contribution < -0.4 is 21.3 Å². The maximum atomic E-state index is 13.9. The Balaban J connectivity index is 1.50. The zero-order chi connectivity index (χ0) is 37.3. The maximum Gasteiger partial charge on any atom is 0.407 e. The van der Waals surface area contributed by atoms with Gasteiger partial charge in [-0.15, -0.1) is 22.7 Å². The standard InChI is InChI=1S/C38H47N7O5S2/c1-26(2)36-42-32(24-51-36)22-45(4)37(48)44-34(17-18-40-27(3)46)35(47)41-30(19-28-11-7-5-8-12-28)15-16-31(20-29-13-9-6-10-14-29)43-38(49)50-23-33-21-39-25-52-33/h5-16,21,24-26,30-31,34H,17-20,22-23H2,1-4H3,(H,40,46)(H,41,47)(H,43,49)(H,44,48)/b16-15+/t30-,31-,34-/m0/s1. The Kier molecular flexibility index (Phi) is 15.8. The van der Waals surface area contributed by atoms with Crippen molar-refractivity contribution in [3.63, 3.8) is 0 Å². The summed E-state index contributed by atoms with van der Waals surface area (Å²) in [6.07, 6.45) is 5.89. The number of thiazole rings is 2. The van der Waals surface area contributed by atoms with Crippen LogP contribution in [0.25, 0.3) is 0 Å². The van der Waals surface area contributed by atoms with Gasteiger partial charge in [0.2, 0.25) is 11.8 Å². The molecule has 4 aromatic rings. The monoisotopic (exact) mass is 745 g/mol. The second-order valence-corrected chi connectivity index (χ2v) is 14.5. The number of rotatable bonds is 18. The van der Waals surface area contributed by atoms with Crippen molar-refractivity contribution in [2.45, 2.75) is 77.2 Å². The average molecular weight is 746 g/mol. The van der Waals surface area contributed by atoms with Crippen molar-refractivity contribution in [1.82, 2.24) is 36.1 Å². The fraction of sp³-hybridized carbons (Fsp3) is 0.368. The molecule has 4 rings (SSSR count). The van der Waals surface area contributed by atoms with Crippen LogP contribution in [0, 0.1) is 0 Å². The summed E-state index contributed by atoms with van der Waals surface area (Å²) in [5.74, 6) is -0.366. The number of carbonyl (C=O) groups is 4. The van der Waals surface area contributed by atoms with E-state index in [1.807, 2.05) is 78.2 Å². The van der Waals surface area contributed by atoms with Crippen LogP contribution >= 0.6 is 22.7 Å². The minimum absolute atomic E-state index is 0.106. The van der Waals surface area contributed by atoms with Crippen molar-refractivity contribution < 1.29 is 23.9 Å². The molecule has 0 bridgehead atoms. The third-order valence-electron chi connectivity index (χ3n) is 7.86. The summed E-state index contributed by atoms with van der Waals surface area (Å²) in [6, 6.07) is 17.1. The Bertz CT molecular complexity index is 1730. The molecule has 0 saturated carbocycles. The predicted molar refractivity (Wildman–Crippen MR) is 204 cm³/mol. The topological polar surface area (TPSA) is 155 Å². The number of benzene rings is 2. The molecule has 0 saturated heterocycles. The Morgan fingerprint density at radius 3 is 2.08 bits per heavy atom. The van der Waals surface area contributed by atoms with Crippen molar-refractivity contribution in [2.24, 2.45) is 0 Å². The zero-order valence-electron chi connectivity index (χ0n) is 29.9. The van der Waals surface area contributed by atoms with Crippen LogP contribution in [-0.4, -0.2) is 70.5 Å². The van der Waals surface area contributed by atoms with Gasteiger partial charge >= 0.3 is 12.1 Å². The molecule has 0 aliphatic carbocycles. The van der Waals surface area contributed by atoms with Crippen molar-refractivity contribution >= 4 is 46.6 Å². The molecular weight excluding hydrogens is 699 g/mol. The largest absolute Gasteiger partial charge is 0.444 e. The molecule has 2 heterocycles.